The third-order valence-electron chi connectivity index (χ3n) is 4.30. The van der Waals surface area contributed by atoms with E-state index in [4.69, 9.17) is 11.6 Å². The summed E-state index contributed by atoms with van der Waals surface area (Å²) in [5.74, 6) is -2.80. The van der Waals surface area contributed by atoms with Gasteiger partial charge in [0.2, 0.25) is 0 Å². The molecule has 11 heteroatoms. The molecule has 0 aliphatic carbocycles. The lowest BCUT2D eigenvalue weighted by atomic mass is 10.2. The number of benzene rings is 2. The van der Waals surface area contributed by atoms with E-state index < -0.39 is 35.5 Å². The molecule has 0 saturated heterocycles. The summed E-state index contributed by atoms with van der Waals surface area (Å²) >= 11 is 6.43. The zero-order valence-electron chi connectivity index (χ0n) is 15.2. The van der Waals surface area contributed by atoms with E-state index in [0.29, 0.717) is 0 Å². The van der Waals surface area contributed by atoms with Crippen molar-refractivity contribution < 1.29 is 32.3 Å². The van der Waals surface area contributed by atoms with Gasteiger partial charge in [-0.1, -0.05) is 29.9 Å². The molecule has 5 nitrogen and oxygen atoms in total. The van der Waals surface area contributed by atoms with Crippen LogP contribution in [0.25, 0.3) is 10.2 Å². The minimum atomic E-state index is -4.59. The fourth-order valence-electron chi connectivity index (χ4n) is 2.85. The quantitative estimate of drug-likeness (QED) is 0.538. The van der Waals surface area contributed by atoms with Crippen molar-refractivity contribution in [3.63, 3.8) is 0 Å². The summed E-state index contributed by atoms with van der Waals surface area (Å²) in [6.45, 7) is 1.59. The Morgan fingerprint density at radius 1 is 1.23 bits per heavy atom. The number of carbonyl (C=O) groups is 2. The number of hydrogen-bond donors (Lipinski definition) is 1. The number of halogens is 5. The van der Waals surface area contributed by atoms with Crippen molar-refractivity contribution in [2.45, 2.75) is 25.6 Å². The van der Waals surface area contributed by atoms with Gasteiger partial charge in [0.15, 0.2) is 4.80 Å². The normalized spacial score (nSPS) is 13.6. The van der Waals surface area contributed by atoms with Crippen molar-refractivity contribution in [3.05, 3.63) is 63.2 Å². The molecule has 30 heavy (non-hydrogen) atoms. The molecule has 0 aliphatic heterocycles. The zero-order valence-corrected chi connectivity index (χ0v) is 16.8. The minimum absolute atomic E-state index is 0.0511. The number of carboxylic acids is 1. The lowest BCUT2D eigenvalue weighted by molar-refractivity contribution is -0.141. The Bertz CT molecular complexity index is 1220. The Morgan fingerprint density at radius 2 is 1.93 bits per heavy atom. The van der Waals surface area contributed by atoms with Crippen LogP contribution in [-0.2, 0) is 11.0 Å². The molecule has 3 rings (SSSR count). The van der Waals surface area contributed by atoms with Crippen molar-refractivity contribution in [3.8, 4) is 0 Å². The van der Waals surface area contributed by atoms with Gasteiger partial charge in [-0.3, -0.25) is 4.79 Å². The number of hydrogen-bond acceptors (Lipinski definition) is 3. The van der Waals surface area contributed by atoms with Crippen LogP contribution in [0.5, 0.6) is 0 Å². The molecule has 2 aromatic carbocycles. The Balaban J connectivity index is 2.25. The second-order valence-corrected chi connectivity index (χ2v) is 7.66. The first-order valence-electron chi connectivity index (χ1n) is 8.52. The summed E-state index contributed by atoms with van der Waals surface area (Å²) in [6.07, 6.45) is -4.48. The Morgan fingerprint density at radius 3 is 2.50 bits per heavy atom. The van der Waals surface area contributed by atoms with Crippen LogP contribution >= 0.6 is 22.9 Å². The highest BCUT2D eigenvalue weighted by Gasteiger charge is 2.31. The molecule has 0 aliphatic rings. The van der Waals surface area contributed by atoms with Gasteiger partial charge in [-0.25, -0.2) is 9.18 Å². The lowest BCUT2D eigenvalue weighted by Crippen LogP contribution is -2.27. The van der Waals surface area contributed by atoms with Gasteiger partial charge in [-0.15, -0.1) is 0 Å². The molecule has 0 saturated carbocycles. The minimum Gasteiger partial charge on any atom is -0.480 e. The average molecular weight is 461 g/mol. The standard InChI is InChI=1S/C19H13ClF4N2O3S/c1-2-13(17(28)29)26-14-6-4-10(19(22,23)24)8-15(14)30-18(26)25-16(27)9-3-5-12(21)11(20)7-9/h3-8,13H,2H2,1H3,(H,28,29)/b25-18-. The highest BCUT2D eigenvalue weighted by atomic mass is 35.5. The Kier molecular flexibility index (Phi) is 6.00. The van der Waals surface area contributed by atoms with Crippen LogP contribution in [0.2, 0.25) is 5.02 Å². The fraction of sp³-hybridized carbons (Fsp3) is 0.211. The lowest BCUT2D eigenvalue weighted by Gasteiger charge is -2.14. The zero-order chi connectivity index (χ0) is 22.2. The number of thiazole rings is 1. The van der Waals surface area contributed by atoms with Crippen molar-refractivity contribution in [1.82, 2.24) is 4.57 Å². The van der Waals surface area contributed by atoms with E-state index >= 15 is 0 Å². The van der Waals surface area contributed by atoms with Crippen molar-refractivity contribution >= 4 is 45.0 Å². The van der Waals surface area contributed by atoms with Crippen LogP contribution in [-0.4, -0.2) is 21.6 Å². The van der Waals surface area contributed by atoms with E-state index in [0.717, 1.165) is 47.7 Å². The van der Waals surface area contributed by atoms with Crippen molar-refractivity contribution in [2.24, 2.45) is 4.99 Å². The highest BCUT2D eigenvalue weighted by molar-refractivity contribution is 7.16. The predicted octanol–water partition coefficient (Wildman–Crippen LogP) is 5.29. The van der Waals surface area contributed by atoms with Crippen LogP contribution in [0, 0.1) is 5.82 Å². The molecule has 1 heterocycles. The van der Waals surface area contributed by atoms with Gasteiger partial charge in [0, 0.05) is 5.56 Å². The molecular formula is C19H13ClF4N2O3S. The summed E-state index contributed by atoms with van der Waals surface area (Å²) in [5.41, 5.74) is -0.759. The first-order valence-corrected chi connectivity index (χ1v) is 9.71. The topological polar surface area (TPSA) is 71.7 Å². The molecule has 0 fully saturated rings. The van der Waals surface area contributed by atoms with Crippen LogP contribution < -0.4 is 4.80 Å². The average Bonchev–Trinajstić information content (AvgIpc) is 3.00. The van der Waals surface area contributed by atoms with E-state index in [-0.39, 0.29) is 32.0 Å². The number of nitrogens with zero attached hydrogens (tertiary/aromatic N) is 2. The first-order chi connectivity index (χ1) is 14.0. The molecule has 1 atom stereocenters. The predicted molar refractivity (Wildman–Crippen MR) is 103 cm³/mol. The molecule has 1 unspecified atom stereocenters. The number of carbonyl (C=O) groups excluding carboxylic acids is 1. The third kappa shape index (κ3) is 4.24. The Hall–Kier alpha value is -2.72. The molecule has 1 aromatic heterocycles. The number of amides is 1. The van der Waals surface area contributed by atoms with E-state index in [9.17, 15) is 32.3 Å². The SMILES string of the molecule is CCC(C(=O)O)n1/c(=N/C(=O)c2ccc(F)c(Cl)c2)sc2cc(C(F)(F)F)ccc21. The maximum atomic E-state index is 13.3. The van der Waals surface area contributed by atoms with Crippen LogP contribution in [0.3, 0.4) is 0 Å². The second-order valence-electron chi connectivity index (χ2n) is 6.24. The van der Waals surface area contributed by atoms with Gasteiger partial charge in [0.25, 0.3) is 5.91 Å². The van der Waals surface area contributed by atoms with E-state index in [1.165, 1.54) is 4.57 Å². The number of fused-ring (bicyclic) bond motifs is 1. The van der Waals surface area contributed by atoms with Crippen LogP contribution in [0.15, 0.2) is 41.4 Å². The van der Waals surface area contributed by atoms with Gasteiger partial charge in [-0.2, -0.15) is 18.2 Å². The number of carboxylic acid groups (broad SMARTS) is 1. The van der Waals surface area contributed by atoms with Gasteiger partial charge in [0.1, 0.15) is 11.9 Å². The maximum Gasteiger partial charge on any atom is 0.416 e. The smallest absolute Gasteiger partial charge is 0.416 e. The fourth-order valence-corrected chi connectivity index (χ4v) is 4.13. The van der Waals surface area contributed by atoms with Crippen molar-refractivity contribution in [2.75, 3.05) is 0 Å². The van der Waals surface area contributed by atoms with Crippen molar-refractivity contribution in [1.29, 1.82) is 0 Å². The van der Waals surface area contributed by atoms with Gasteiger partial charge < -0.3 is 9.67 Å². The summed E-state index contributed by atoms with van der Waals surface area (Å²) in [6, 6.07) is 4.91. The molecule has 0 bridgehead atoms. The molecule has 1 N–H and O–H groups in total. The van der Waals surface area contributed by atoms with E-state index in [1.54, 1.807) is 6.92 Å². The largest absolute Gasteiger partial charge is 0.480 e. The summed E-state index contributed by atoms with van der Waals surface area (Å²) in [7, 11) is 0. The van der Waals surface area contributed by atoms with E-state index in [1.807, 2.05) is 0 Å². The number of rotatable bonds is 4. The summed E-state index contributed by atoms with van der Waals surface area (Å²) in [5, 5.41) is 9.25. The number of aliphatic carboxylic acids is 1. The van der Waals surface area contributed by atoms with Gasteiger partial charge in [0.05, 0.1) is 20.8 Å². The Labute approximate surface area is 175 Å². The molecule has 3 aromatic rings. The first kappa shape index (κ1) is 22.0. The monoisotopic (exact) mass is 460 g/mol. The molecule has 0 radical (unpaired) electrons. The van der Waals surface area contributed by atoms with Gasteiger partial charge in [-0.05, 0) is 42.8 Å². The summed E-state index contributed by atoms with van der Waals surface area (Å²) < 4.78 is 53.8. The van der Waals surface area contributed by atoms with Gasteiger partial charge >= 0.3 is 12.1 Å². The van der Waals surface area contributed by atoms with E-state index in [2.05, 4.69) is 4.99 Å². The molecular weight excluding hydrogens is 448 g/mol. The third-order valence-corrected chi connectivity index (χ3v) is 5.61. The molecule has 1 amide bonds. The molecule has 158 valence electrons. The summed E-state index contributed by atoms with van der Waals surface area (Å²) in [4.78, 5) is 28.0. The number of alkyl halides is 3. The second kappa shape index (κ2) is 8.19. The number of aromatic nitrogens is 1. The van der Waals surface area contributed by atoms with Crippen LogP contribution in [0.1, 0.15) is 35.3 Å². The maximum absolute atomic E-state index is 13.3. The highest BCUT2D eigenvalue weighted by Crippen LogP contribution is 2.33. The molecule has 0 spiro atoms. The van der Waals surface area contributed by atoms with Crippen LogP contribution in [0.4, 0.5) is 17.6 Å².